The maximum Gasteiger partial charge on any atom is 0.293 e. The van der Waals surface area contributed by atoms with Crippen LogP contribution in [0.3, 0.4) is 0 Å². The van der Waals surface area contributed by atoms with Crippen molar-refractivity contribution in [3.63, 3.8) is 0 Å². The average Bonchev–Trinajstić information content (AvgIpc) is 3.13. The SMILES string of the molecule is NC(=O)c1ccc(NCc2ccccc2OC2CCCC2)c([N+](=O)[O-])c1. The minimum atomic E-state index is -0.699. The molecule has 1 amide bonds. The molecule has 7 heteroatoms. The van der Waals surface area contributed by atoms with E-state index in [2.05, 4.69) is 5.32 Å². The summed E-state index contributed by atoms with van der Waals surface area (Å²) in [5.41, 5.74) is 6.37. The molecular weight excluding hydrogens is 334 g/mol. The Labute approximate surface area is 151 Å². The van der Waals surface area contributed by atoms with E-state index in [-0.39, 0.29) is 17.4 Å². The highest BCUT2D eigenvalue weighted by molar-refractivity contribution is 5.94. The Balaban J connectivity index is 1.76. The van der Waals surface area contributed by atoms with Crippen molar-refractivity contribution in [1.29, 1.82) is 0 Å². The van der Waals surface area contributed by atoms with Gasteiger partial charge in [-0.2, -0.15) is 0 Å². The quantitative estimate of drug-likeness (QED) is 0.582. The number of rotatable bonds is 7. The zero-order valence-electron chi connectivity index (χ0n) is 14.3. The molecule has 136 valence electrons. The number of amides is 1. The summed E-state index contributed by atoms with van der Waals surface area (Å²) >= 11 is 0. The Morgan fingerprint density at radius 1 is 1.23 bits per heavy atom. The number of anilines is 1. The summed E-state index contributed by atoms with van der Waals surface area (Å²) in [6.07, 6.45) is 4.72. The van der Waals surface area contributed by atoms with Crippen molar-refractivity contribution in [3.8, 4) is 5.75 Å². The Hall–Kier alpha value is -3.09. The molecule has 0 radical (unpaired) electrons. The van der Waals surface area contributed by atoms with Crippen LogP contribution in [0.4, 0.5) is 11.4 Å². The molecule has 0 saturated heterocycles. The minimum Gasteiger partial charge on any atom is -0.490 e. The lowest BCUT2D eigenvalue weighted by Gasteiger charge is -2.17. The fourth-order valence-corrected chi connectivity index (χ4v) is 3.13. The number of carbonyl (C=O) groups excluding carboxylic acids is 1. The lowest BCUT2D eigenvalue weighted by atomic mass is 10.1. The monoisotopic (exact) mass is 355 g/mol. The van der Waals surface area contributed by atoms with E-state index in [0.717, 1.165) is 24.2 Å². The highest BCUT2D eigenvalue weighted by atomic mass is 16.6. The Kier molecular flexibility index (Phi) is 5.36. The topological polar surface area (TPSA) is 107 Å². The molecule has 0 aromatic heterocycles. The predicted molar refractivity (Wildman–Crippen MR) is 98.3 cm³/mol. The van der Waals surface area contributed by atoms with Crippen molar-refractivity contribution in [1.82, 2.24) is 0 Å². The van der Waals surface area contributed by atoms with Crippen LogP contribution in [-0.4, -0.2) is 16.9 Å². The van der Waals surface area contributed by atoms with Gasteiger partial charge in [0, 0.05) is 23.7 Å². The van der Waals surface area contributed by atoms with Crippen LogP contribution in [0.5, 0.6) is 5.75 Å². The van der Waals surface area contributed by atoms with Crippen LogP contribution in [-0.2, 0) is 6.54 Å². The largest absolute Gasteiger partial charge is 0.490 e. The van der Waals surface area contributed by atoms with Crippen LogP contribution < -0.4 is 15.8 Å². The van der Waals surface area contributed by atoms with E-state index >= 15 is 0 Å². The normalized spacial score (nSPS) is 14.2. The fraction of sp³-hybridized carbons (Fsp3) is 0.316. The molecule has 1 aliphatic carbocycles. The summed E-state index contributed by atoms with van der Waals surface area (Å²) in [7, 11) is 0. The number of nitrogens with one attached hydrogen (secondary N) is 1. The van der Waals surface area contributed by atoms with Crippen molar-refractivity contribution in [3.05, 3.63) is 63.7 Å². The first-order valence-corrected chi connectivity index (χ1v) is 8.61. The van der Waals surface area contributed by atoms with E-state index in [1.165, 1.54) is 31.0 Å². The van der Waals surface area contributed by atoms with Gasteiger partial charge in [0.05, 0.1) is 11.0 Å². The molecule has 7 nitrogen and oxygen atoms in total. The van der Waals surface area contributed by atoms with Gasteiger partial charge in [-0.15, -0.1) is 0 Å². The summed E-state index contributed by atoms with van der Waals surface area (Å²) in [6.45, 7) is 0.375. The lowest BCUT2D eigenvalue weighted by Crippen LogP contribution is -2.14. The van der Waals surface area contributed by atoms with Gasteiger partial charge in [0.25, 0.3) is 5.69 Å². The molecular formula is C19H21N3O4. The first kappa shape index (κ1) is 17.7. The van der Waals surface area contributed by atoms with Gasteiger partial charge in [0.1, 0.15) is 11.4 Å². The molecule has 0 bridgehead atoms. The van der Waals surface area contributed by atoms with Gasteiger partial charge in [-0.05, 0) is 43.9 Å². The summed E-state index contributed by atoms with van der Waals surface area (Å²) in [6, 6.07) is 11.8. The first-order chi connectivity index (χ1) is 12.5. The number of ether oxygens (including phenoxy) is 1. The average molecular weight is 355 g/mol. The third kappa shape index (κ3) is 4.11. The van der Waals surface area contributed by atoms with Crippen LogP contribution in [0, 0.1) is 10.1 Å². The van der Waals surface area contributed by atoms with Gasteiger partial charge in [0.2, 0.25) is 5.91 Å². The second kappa shape index (κ2) is 7.86. The molecule has 1 aliphatic rings. The number of para-hydroxylation sites is 1. The van der Waals surface area contributed by atoms with Crippen molar-refractivity contribution in [2.24, 2.45) is 5.73 Å². The maximum absolute atomic E-state index is 11.3. The van der Waals surface area contributed by atoms with E-state index in [1.54, 1.807) is 0 Å². The van der Waals surface area contributed by atoms with Crippen LogP contribution in [0.25, 0.3) is 0 Å². The minimum absolute atomic E-state index is 0.104. The molecule has 26 heavy (non-hydrogen) atoms. The van der Waals surface area contributed by atoms with E-state index in [0.29, 0.717) is 12.2 Å². The molecule has 0 spiro atoms. The second-order valence-corrected chi connectivity index (χ2v) is 6.34. The lowest BCUT2D eigenvalue weighted by molar-refractivity contribution is -0.384. The first-order valence-electron chi connectivity index (χ1n) is 8.61. The number of benzene rings is 2. The van der Waals surface area contributed by atoms with Gasteiger partial charge < -0.3 is 15.8 Å². The third-order valence-corrected chi connectivity index (χ3v) is 4.52. The van der Waals surface area contributed by atoms with Gasteiger partial charge in [0.15, 0.2) is 0 Å². The molecule has 3 rings (SSSR count). The molecule has 2 aromatic rings. The Bertz CT molecular complexity index is 816. The summed E-state index contributed by atoms with van der Waals surface area (Å²) < 4.78 is 6.09. The summed E-state index contributed by atoms with van der Waals surface area (Å²) in [5.74, 6) is 0.0956. The number of nitrogens with zero attached hydrogens (tertiary/aromatic N) is 1. The van der Waals surface area contributed by atoms with Crippen LogP contribution >= 0.6 is 0 Å². The molecule has 1 saturated carbocycles. The van der Waals surface area contributed by atoms with Gasteiger partial charge >= 0.3 is 0 Å². The van der Waals surface area contributed by atoms with E-state index in [9.17, 15) is 14.9 Å². The number of nitrogens with two attached hydrogens (primary N) is 1. The van der Waals surface area contributed by atoms with Crippen molar-refractivity contribution >= 4 is 17.3 Å². The zero-order valence-corrected chi connectivity index (χ0v) is 14.3. The van der Waals surface area contributed by atoms with Crippen LogP contribution in [0.2, 0.25) is 0 Å². The number of hydrogen-bond acceptors (Lipinski definition) is 5. The Morgan fingerprint density at radius 2 is 1.96 bits per heavy atom. The molecule has 0 aliphatic heterocycles. The second-order valence-electron chi connectivity index (χ2n) is 6.34. The molecule has 1 fully saturated rings. The van der Waals surface area contributed by atoms with Crippen LogP contribution in [0.1, 0.15) is 41.6 Å². The fourth-order valence-electron chi connectivity index (χ4n) is 3.13. The molecule has 0 atom stereocenters. The summed E-state index contributed by atoms with van der Waals surface area (Å²) in [5, 5.41) is 14.4. The highest BCUT2D eigenvalue weighted by Crippen LogP contribution is 2.29. The Morgan fingerprint density at radius 3 is 2.65 bits per heavy atom. The van der Waals surface area contributed by atoms with E-state index < -0.39 is 10.8 Å². The van der Waals surface area contributed by atoms with Gasteiger partial charge in [-0.1, -0.05) is 18.2 Å². The number of hydrogen-bond donors (Lipinski definition) is 2. The maximum atomic E-state index is 11.3. The highest BCUT2D eigenvalue weighted by Gasteiger charge is 2.19. The van der Waals surface area contributed by atoms with Gasteiger partial charge in [-0.3, -0.25) is 14.9 Å². The summed E-state index contributed by atoms with van der Waals surface area (Å²) in [4.78, 5) is 22.0. The third-order valence-electron chi connectivity index (χ3n) is 4.52. The number of carbonyl (C=O) groups is 1. The molecule has 0 unspecified atom stereocenters. The van der Waals surface area contributed by atoms with Gasteiger partial charge in [-0.25, -0.2) is 0 Å². The predicted octanol–water partition coefficient (Wildman–Crippen LogP) is 3.63. The van der Waals surface area contributed by atoms with Crippen molar-refractivity contribution in [2.45, 2.75) is 38.3 Å². The van der Waals surface area contributed by atoms with Crippen molar-refractivity contribution < 1.29 is 14.5 Å². The molecule has 2 aromatic carbocycles. The van der Waals surface area contributed by atoms with Crippen molar-refractivity contribution in [2.75, 3.05) is 5.32 Å². The van der Waals surface area contributed by atoms with Crippen LogP contribution in [0.15, 0.2) is 42.5 Å². The van der Waals surface area contributed by atoms with E-state index in [1.807, 2.05) is 24.3 Å². The number of nitro benzene ring substituents is 1. The molecule has 3 N–H and O–H groups in total. The zero-order chi connectivity index (χ0) is 18.5. The van der Waals surface area contributed by atoms with E-state index in [4.69, 9.17) is 10.5 Å². The number of nitro groups is 1. The molecule has 0 heterocycles. The smallest absolute Gasteiger partial charge is 0.293 e. The standard InChI is InChI=1S/C19H21N3O4/c20-19(23)13-9-10-16(17(11-13)22(24)25)21-12-14-5-1-4-8-18(14)26-15-6-2-3-7-15/h1,4-5,8-11,15,21H,2-3,6-7,12H2,(H2,20,23). The number of primary amides is 1.